The van der Waals surface area contributed by atoms with Crippen LogP contribution in [0.3, 0.4) is 0 Å². The second-order valence-corrected chi connectivity index (χ2v) is 9.17. The number of β-lactam (4-membered cyclic amide) rings is 1. The molecule has 2 fully saturated rings. The number of nitrogen functional groups attached to an aromatic ring is 1. The number of rotatable bonds is 7. The zero-order valence-electron chi connectivity index (χ0n) is 16.6. The molecule has 4 N–H and O–H groups in total. The molecule has 1 aromatic rings. The largest absolute Gasteiger partial charge is 0.428 e. The van der Waals surface area contributed by atoms with Crippen molar-refractivity contribution in [3.63, 3.8) is 0 Å². The molecule has 1 saturated heterocycles. The fraction of sp³-hybridized carbons (Fsp3) is 0.444. The molecule has 2 aliphatic heterocycles. The standard InChI is InChI=1S/C18H19N5O7S2/c19-18-20-9(6-32-18)11(22-28)13(24)21-12-14(25)23-10(4-5-31-15(12)23)17(27)30-7-29-16(26)8-2-1-3-8/h4,6,8,12,15,28H,1-3,5,7H2,(H2,19,20)(H,21,24)/t12?,15-/m1/s1. The summed E-state index contributed by atoms with van der Waals surface area (Å²) in [6, 6.07) is -0.937. The molecule has 14 heteroatoms. The summed E-state index contributed by atoms with van der Waals surface area (Å²) in [7, 11) is 0. The Morgan fingerprint density at radius 1 is 1.34 bits per heavy atom. The Balaban J connectivity index is 1.33. The van der Waals surface area contributed by atoms with Gasteiger partial charge in [0.25, 0.3) is 11.8 Å². The van der Waals surface area contributed by atoms with Crippen LogP contribution < -0.4 is 11.1 Å². The molecule has 2 amide bonds. The van der Waals surface area contributed by atoms with E-state index in [2.05, 4.69) is 15.5 Å². The van der Waals surface area contributed by atoms with Crippen LogP contribution in [0, 0.1) is 5.92 Å². The van der Waals surface area contributed by atoms with Crippen molar-refractivity contribution in [3.05, 3.63) is 22.8 Å². The zero-order chi connectivity index (χ0) is 22.8. The summed E-state index contributed by atoms with van der Waals surface area (Å²) >= 11 is 2.40. The van der Waals surface area contributed by atoms with E-state index in [1.165, 1.54) is 28.1 Å². The lowest BCUT2D eigenvalue weighted by Gasteiger charge is -2.48. The summed E-state index contributed by atoms with van der Waals surface area (Å²) < 4.78 is 9.94. The number of oxime groups is 1. The predicted molar refractivity (Wildman–Crippen MR) is 112 cm³/mol. The van der Waals surface area contributed by atoms with Crippen molar-refractivity contribution < 1.29 is 33.9 Å². The van der Waals surface area contributed by atoms with Gasteiger partial charge in [0.15, 0.2) is 10.8 Å². The first-order valence-electron chi connectivity index (χ1n) is 9.63. The van der Waals surface area contributed by atoms with Gasteiger partial charge in [-0.2, -0.15) is 0 Å². The van der Waals surface area contributed by atoms with Crippen LogP contribution in [0.5, 0.6) is 0 Å². The van der Waals surface area contributed by atoms with Crippen molar-refractivity contribution in [3.8, 4) is 0 Å². The quantitative estimate of drug-likeness (QED) is 0.120. The first-order valence-corrected chi connectivity index (χ1v) is 11.6. The van der Waals surface area contributed by atoms with Gasteiger partial charge in [-0.05, 0) is 18.9 Å². The number of anilines is 1. The van der Waals surface area contributed by atoms with E-state index in [9.17, 15) is 24.4 Å². The lowest BCUT2D eigenvalue weighted by Crippen LogP contribution is -2.70. The Hall–Kier alpha value is -3.13. The van der Waals surface area contributed by atoms with E-state index in [-0.39, 0.29) is 28.2 Å². The van der Waals surface area contributed by atoms with Gasteiger partial charge < -0.3 is 25.7 Å². The molecule has 0 aromatic carbocycles. The van der Waals surface area contributed by atoms with Crippen LogP contribution >= 0.6 is 23.1 Å². The number of fused-ring (bicyclic) bond motifs is 1. The monoisotopic (exact) mass is 481 g/mol. The maximum Gasteiger partial charge on any atom is 0.357 e. The molecule has 1 unspecified atom stereocenters. The maximum atomic E-state index is 12.6. The van der Waals surface area contributed by atoms with Crippen LogP contribution in [0.2, 0.25) is 0 Å². The van der Waals surface area contributed by atoms with Crippen LogP contribution in [0.1, 0.15) is 25.0 Å². The third-order valence-electron chi connectivity index (χ3n) is 5.25. The normalized spacial score (nSPS) is 22.8. The van der Waals surface area contributed by atoms with Gasteiger partial charge in [0, 0.05) is 11.1 Å². The Kier molecular flexibility index (Phi) is 6.32. The second kappa shape index (κ2) is 9.16. The highest BCUT2D eigenvalue weighted by atomic mass is 32.2. The lowest BCUT2D eigenvalue weighted by atomic mass is 9.86. The number of ether oxygens (including phenoxy) is 2. The fourth-order valence-corrected chi connectivity index (χ4v) is 5.07. The Morgan fingerprint density at radius 3 is 2.75 bits per heavy atom. The van der Waals surface area contributed by atoms with Crippen LogP contribution in [-0.2, 0) is 28.7 Å². The average molecular weight is 482 g/mol. The van der Waals surface area contributed by atoms with Crippen LogP contribution in [-0.4, -0.2) is 68.5 Å². The molecule has 4 rings (SSSR count). The lowest BCUT2D eigenvalue weighted by molar-refractivity contribution is -0.172. The highest BCUT2D eigenvalue weighted by molar-refractivity contribution is 8.00. The van der Waals surface area contributed by atoms with Gasteiger partial charge in [-0.3, -0.25) is 19.3 Å². The number of nitrogens with two attached hydrogens (primary N) is 1. The van der Waals surface area contributed by atoms with Gasteiger partial charge >= 0.3 is 11.9 Å². The number of esters is 2. The molecule has 1 aliphatic carbocycles. The molecule has 0 radical (unpaired) electrons. The third kappa shape index (κ3) is 4.14. The third-order valence-corrected chi connectivity index (χ3v) is 7.11. The molecular weight excluding hydrogens is 462 g/mol. The summed E-state index contributed by atoms with van der Waals surface area (Å²) in [4.78, 5) is 54.4. The second-order valence-electron chi connectivity index (χ2n) is 7.13. The Labute approximate surface area is 189 Å². The average Bonchev–Trinajstić information content (AvgIpc) is 3.16. The smallest absolute Gasteiger partial charge is 0.357 e. The van der Waals surface area contributed by atoms with E-state index in [0.29, 0.717) is 5.75 Å². The Bertz CT molecular complexity index is 1020. The number of carbonyl (C=O) groups excluding carboxylic acids is 4. The van der Waals surface area contributed by atoms with Crippen molar-refractivity contribution in [2.24, 2.45) is 11.1 Å². The number of thioether (sulfide) groups is 1. The van der Waals surface area contributed by atoms with Gasteiger partial charge in [0.05, 0.1) is 5.92 Å². The molecule has 32 heavy (non-hydrogen) atoms. The molecule has 12 nitrogen and oxygen atoms in total. The van der Waals surface area contributed by atoms with E-state index in [4.69, 9.17) is 15.2 Å². The summed E-state index contributed by atoms with van der Waals surface area (Å²) in [6.45, 7) is -0.529. The van der Waals surface area contributed by atoms with Crippen molar-refractivity contribution >= 4 is 57.7 Å². The van der Waals surface area contributed by atoms with Gasteiger partial charge in [0.2, 0.25) is 6.79 Å². The maximum absolute atomic E-state index is 12.6. The number of thiazole rings is 1. The number of hydrogen-bond donors (Lipinski definition) is 3. The molecule has 3 heterocycles. The minimum atomic E-state index is -0.937. The van der Waals surface area contributed by atoms with E-state index in [1.807, 2.05) is 0 Å². The fourth-order valence-electron chi connectivity index (χ4n) is 3.33. The van der Waals surface area contributed by atoms with Crippen molar-refractivity contribution in [2.45, 2.75) is 30.7 Å². The first kappa shape index (κ1) is 22.1. The predicted octanol–water partition coefficient (Wildman–Crippen LogP) is 0.0314. The van der Waals surface area contributed by atoms with Gasteiger partial charge in [-0.1, -0.05) is 11.6 Å². The van der Waals surface area contributed by atoms with Gasteiger partial charge in [-0.15, -0.1) is 23.1 Å². The van der Waals surface area contributed by atoms with E-state index in [0.717, 1.165) is 30.6 Å². The van der Waals surface area contributed by atoms with Crippen LogP contribution in [0.4, 0.5) is 5.13 Å². The first-order chi connectivity index (χ1) is 15.4. The minimum absolute atomic E-state index is 0.0206. The number of hydrogen-bond acceptors (Lipinski definition) is 12. The topological polar surface area (TPSA) is 174 Å². The molecular formula is C18H19N5O7S2. The highest BCUT2D eigenvalue weighted by Gasteiger charge is 2.53. The molecule has 3 aliphatic rings. The summed E-state index contributed by atoms with van der Waals surface area (Å²) in [5.41, 5.74) is 5.25. The molecule has 0 spiro atoms. The summed E-state index contributed by atoms with van der Waals surface area (Å²) in [5.74, 6) is -2.28. The van der Waals surface area contributed by atoms with Crippen LogP contribution in [0.15, 0.2) is 22.3 Å². The van der Waals surface area contributed by atoms with Gasteiger partial charge in [-0.25, -0.2) is 9.78 Å². The van der Waals surface area contributed by atoms with Crippen molar-refractivity contribution in [1.29, 1.82) is 0 Å². The van der Waals surface area contributed by atoms with E-state index >= 15 is 0 Å². The number of aromatic nitrogens is 1. The molecule has 1 saturated carbocycles. The van der Waals surface area contributed by atoms with Crippen molar-refractivity contribution in [1.82, 2.24) is 15.2 Å². The van der Waals surface area contributed by atoms with E-state index in [1.54, 1.807) is 0 Å². The van der Waals surface area contributed by atoms with Crippen LogP contribution in [0.25, 0.3) is 0 Å². The highest BCUT2D eigenvalue weighted by Crippen LogP contribution is 2.38. The zero-order valence-corrected chi connectivity index (χ0v) is 18.2. The minimum Gasteiger partial charge on any atom is -0.428 e. The SMILES string of the molecule is Nc1nc(C(=NO)C(=O)NC2C(=O)N3C(C(=O)OCOC(=O)C4CCC4)=CCS[C@H]23)cs1. The summed E-state index contributed by atoms with van der Waals surface area (Å²) in [6.07, 6.45) is 4.05. The number of amides is 2. The number of carbonyl (C=O) groups is 4. The summed E-state index contributed by atoms with van der Waals surface area (Å²) in [5, 5.41) is 15.7. The van der Waals surface area contributed by atoms with Gasteiger partial charge in [0.1, 0.15) is 22.8 Å². The molecule has 1 aromatic heterocycles. The molecule has 170 valence electrons. The van der Waals surface area contributed by atoms with E-state index < -0.39 is 42.0 Å². The van der Waals surface area contributed by atoms with Crippen molar-refractivity contribution in [2.75, 3.05) is 18.3 Å². The number of nitrogens with zero attached hydrogens (tertiary/aromatic N) is 3. The Morgan fingerprint density at radius 2 is 2.12 bits per heavy atom. The molecule has 2 atom stereocenters. The number of nitrogens with one attached hydrogen (secondary N) is 1. The molecule has 0 bridgehead atoms.